The van der Waals surface area contributed by atoms with Crippen molar-refractivity contribution < 1.29 is 0 Å². The molecule has 0 aliphatic rings. The normalized spacial score (nSPS) is 11.0. The van der Waals surface area contributed by atoms with Crippen LogP contribution in [0.2, 0.25) is 0 Å². The summed E-state index contributed by atoms with van der Waals surface area (Å²) in [5.74, 6) is 0. The van der Waals surface area contributed by atoms with E-state index in [0.717, 1.165) is 6.54 Å². The number of hydrogen-bond donors (Lipinski definition) is 0. The number of nitrogens with zero attached hydrogens (tertiary/aromatic N) is 1. The van der Waals surface area contributed by atoms with Crippen LogP contribution in [0.5, 0.6) is 0 Å². The van der Waals surface area contributed by atoms with Crippen LogP contribution >= 0.6 is 0 Å². The monoisotopic (exact) mass is 97.1 g/mol. The molecule has 40 valence electrons. The first kappa shape index (κ1) is 7.02. The molecule has 7 heavy (non-hydrogen) atoms. The van der Waals surface area contributed by atoms with Crippen LogP contribution in [0.1, 0.15) is 20.8 Å². The topological polar surface area (TPSA) is 3.24 Å². The summed E-state index contributed by atoms with van der Waals surface area (Å²) in [6.07, 6.45) is 0. The third-order valence-electron chi connectivity index (χ3n) is 1.03. The first-order valence-corrected chi connectivity index (χ1v) is 2.69. The zero-order chi connectivity index (χ0) is 5.86. The molecule has 0 aromatic rings. The summed E-state index contributed by atoms with van der Waals surface area (Å²) in [7, 11) is 5.45. The van der Waals surface area contributed by atoms with Gasteiger partial charge in [-0.25, -0.2) is 0 Å². The van der Waals surface area contributed by atoms with Crippen molar-refractivity contribution in [3.8, 4) is 0 Å². The van der Waals surface area contributed by atoms with Gasteiger partial charge in [0.15, 0.2) is 7.98 Å². The molecule has 0 rings (SSSR count). The van der Waals surface area contributed by atoms with Gasteiger partial charge in [-0.2, -0.15) is 0 Å². The molecule has 0 fully saturated rings. The van der Waals surface area contributed by atoms with Gasteiger partial charge in [-0.05, 0) is 12.6 Å². The van der Waals surface area contributed by atoms with Crippen LogP contribution in [0.25, 0.3) is 0 Å². The van der Waals surface area contributed by atoms with Crippen molar-refractivity contribution >= 4 is 7.98 Å². The molecule has 0 saturated carbocycles. The molecule has 0 aromatic carbocycles. The van der Waals surface area contributed by atoms with Crippen molar-refractivity contribution in [3.63, 3.8) is 0 Å². The lowest BCUT2D eigenvalue weighted by Gasteiger charge is -2.18. The lowest BCUT2D eigenvalue weighted by molar-refractivity contribution is 0.399. The largest absolute Gasteiger partial charge is 0.352 e. The Morgan fingerprint density at radius 1 is 1.57 bits per heavy atom. The molecule has 0 spiro atoms. The minimum Gasteiger partial charge on any atom is -0.352 e. The van der Waals surface area contributed by atoms with Gasteiger partial charge >= 0.3 is 0 Å². The van der Waals surface area contributed by atoms with Gasteiger partial charge in [0.2, 0.25) is 0 Å². The van der Waals surface area contributed by atoms with Gasteiger partial charge in [0.25, 0.3) is 0 Å². The summed E-state index contributed by atoms with van der Waals surface area (Å²) in [5, 5.41) is 0. The minimum atomic E-state index is 0.477. The van der Waals surface area contributed by atoms with Crippen LogP contribution in [0.4, 0.5) is 0 Å². The zero-order valence-corrected chi connectivity index (χ0v) is 5.31. The van der Waals surface area contributed by atoms with Crippen LogP contribution in [-0.4, -0.2) is 25.4 Å². The fraction of sp³-hybridized carbons (Fsp3) is 1.00. The lowest BCUT2D eigenvalue weighted by Crippen LogP contribution is -2.27. The van der Waals surface area contributed by atoms with E-state index in [-0.39, 0.29) is 0 Å². The molecular weight excluding hydrogens is 84.9 g/mol. The van der Waals surface area contributed by atoms with Crippen molar-refractivity contribution in [2.45, 2.75) is 26.8 Å². The molecule has 0 heterocycles. The van der Waals surface area contributed by atoms with Crippen molar-refractivity contribution in [3.05, 3.63) is 0 Å². The molecule has 1 nitrogen and oxygen atoms in total. The molecule has 0 unspecified atom stereocenters. The standard InChI is InChI=1S/C5H12BN/c1-4-7(6)5(2)3/h5H,4H2,1-3H3. The van der Waals surface area contributed by atoms with E-state index in [2.05, 4.69) is 13.8 Å². The highest BCUT2D eigenvalue weighted by atomic mass is 15.0. The highest BCUT2D eigenvalue weighted by Crippen LogP contribution is 1.88. The zero-order valence-electron chi connectivity index (χ0n) is 5.31. The van der Waals surface area contributed by atoms with Crippen LogP contribution in [0.3, 0.4) is 0 Å². The number of rotatable bonds is 2. The molecule has 0 aromatic heterocycles. The summed E-state index contributed by atoms with van der Waals surface area (Å²) in [6, 6.07) is 0.477. The predicted octanol–water partition coefficient (Wildman–Crippen LogP) is 0.800. The van der Waals surface area contributed by atoms with Crippen molar-refractivity contribution in [2.24, 2.45) is 0 Å². The summed E-state index contributed by atoms with van der Waals surface area (Å²) in [5.41, 5.74) is 0. The Balaban J connectivity index is 3.14. The second-order valence-electron chi connectivity index (χ2n) is 1.92. The maximum Gasteiger partial charge on any atom is 0.182 e. The molecule has 0 atom stereocenters. The summed E-state index contributed by atoms with van der Waals surface area (Å²) < 4.78 is 0. The van der Waals surface area contributed by atoms with Gasteiger partial charge in [-0.1, -0.05) is 20.8 Å². The number of hydrogen-bond acceptors (Lipinski definition) is 1. The maximum atomic E-state index is 5.45. The summed E-state index contributed by atoms with van der Waals surface area (Å²) in [4.78, 5) is 1.79. The quantitative estimate of drug-likeness (QED) is 0.460. The highest BCUT2D eigenvalue weighted by molar-refractivity contribution is 6.04. The highest BCUT2D eigenvalue weighted by Gasteiger charge is 1.95. The Morgan fingerprint density at radius 3 is 2.00 bits per heavy atom. The van der Waals surface area contributed by atoms with Crippen LogP contribution < -0.4 is 0 Å². The average molecular weight is 97.0 g/mol. The van der Waals surface area contributed by atoms with Gasteiger partial charge in [-0.15, -0.1) is 0 Å². The SMILES string of the molecule is [B]N(CC)C(C)C. The molecule has 0 N–H and O–H groups in total. The van der Waals surface area contributed by atoms with E-state index in [1.807, 2.05) is 6.92 Å². The van der Waals surface area contributed by atoms with Crippen molar-refractivity contribution in [1.82, 2.24) is 4.81 Å². The Kier molecular flexibility index (Phi) is 3.09. The Hall–Kier alpha value is 0.0249. The van der Waals surface area contributed by atoms with Gasteiger partial charge in [0, 0.05) is 0 Å². The molecule has 0 saturated heterocycles. The minimum absolute atomic E-state index is 0.477. The van der Waals surface area contributed by atoms with Gasteiger partial charge < -0.3 is 4.81 Å². The van der Waals surface area contributed by atoms with E-state index in [1.165, 1.54) is 0 Å². The summed E-state index contributed by atoms with van der Waals surface area (Å²) in [6.45, 7) is 7.12. The lowest BCUT2D eigenvalue weighted by atomic mass is 10.2. The van der Waals surface area contributed by atoms with Gasteiger partial charge in [0.05, 0.1) is 0 Å². The van der Waals surface area contributed by atoms with Gasteiger partial charge in [0.1, 0.15) is 0 Å². The molecule has 2 radical (unpaired) electrons. The molecule has 0 amide bonds. The first-order chi connectivity index (χ1) is 3.18. The molecule has 2 heteroatoms. The van der Waals surface area contributed by atoms with E-state index in [4.69, 9.17) is 7.98 Å². The third kappa shape index (κ3) is 2.69. The predicted molar refractivity (Wildman–Crippen MR) is 33.3 cm³/mol. The Labute approximate surface area is 47.1 Å². The van der Waals surface area contributed by atoms with E-state index in [0.29, 0.717) is 6.04 Å². The van der Waals surface area contributed by atoms with E-state index >= 15 is 0 Å². The van der Waals surface area contributed by atoms with Crippen LogP contribution in [0.15, 0.2) is 0 Å². The fourth-order valence-electron chi connectivity index (χ4n) is 0.365. The van der Waals surface area contributed by atoms with Gasteiger partial charge in [-0.3, -0.25) is 0 Å². The van der Waals surface area contributed by atoms with E-state index < -0.39 is 0 Å². The Bertz CT molecular complexity index is 45.3. The Morgan fingerprint density at radius 2 is 2.00 bits per heavy atom. The van der Waals surface area contributed by atoms with Crippen molar-refractivity contribution in [1.29, 1.82) is 0 Å². The molecular formula is C5H12BN. The smallest absolute Gasteiger partial charge is 0.182 e. The average Bonchev–Trinajstić information content (AvgIpc) is 1.65. The van der Waals surface area contributed by atoms with Crippen LogP contribution in [0, 0.1) is 0 Å². The fourth-order valence-corrected chi connectivity index (χ4v) is 0.365. The molecule has 0 bridgehead atoms. The summed E-state index contributed by atoms with van der Waals surface area (Å²) >= 11 is 0. The second-order valence-corrected chi connectivity index (χ2v) is 1.92. The second kappa shape index (κ2) is 3.08. The van der Waals surface area contributed by atoms with Crippen molar-refractivity contribution in [2.75, 3.05) is 6.54 Å². The molecule has 0 aliphatic heterocycles. The third-order valence-corrected chi connectivity index (χ3v) is 1.03. The van der Waals surface area contributed by atoms with Crippen LogP contribution in [-0.2, 0) is 0 Å². The van der Waals surface area contributed by atoms with E-state index in [1.54, 1.807) is 4.81 Å². The maximum absolute atomic E-state index is 5.45. The van der Waals surface area contributed by atoms with E-state index in [9.17, 15) is 0 Å². The first-order valence-electron chi connectivity index (χ1n) is 2.69. The molecule has 0 aliphatic carbocycles.